The van der Waals surface area contributed by atoms with Crippen LogP contribution < -0.4 is 5.73 Å². The standard InChI is InChI=1S/C15H18F3N3O2S.ClH/c1-10-3-2-6-21(14(10)9-20)24(22,23)12-4-5-13(15(16,17)18)11(7-12)8-19;/h4-5,7,10,14H,2-3,6,9,20H2,1H3;1H. The summed E-state index contributed by atoms with van der Waals surface area (Å²) in [5, 5.41) is 8.94. The number of nitriles is 1. The molecule has 1 aromatic rings. The molecule has 140 valence electrons. The molecule has 2 atom stereocenters. The van der Waals surface area contributed by atoms with Gasteiger partial charge in [0.05, 0.1) is 22.1 Å². The zero-order valence-electron chi connectivity index (χ0n) is 13.5. The van der Waals surface area contributed by atoms with E-state index in [9.17, 15) is 21.6 Å². The van der Waals surface area contributed by atoms with Crippen molar-refractivity contribution in [1.82, 2.24) is 4.31 Å². The first-order valence-electron chi connectivity index (χ1n) is 7.46. The van der Waals surface area contributed by atoms with Crippen molar-refractivity contribution in [2.24, 2.45) is 11.7 Å². The van der Waals surface area contributed by atoms with E-state index in [-0.39, 0.29) is 36.3 Å². The number of hydrogen-bond acceptors (Lipinski definition) is 4. The van der Waals surface area contributed by atoms with E-state index in [0.717, 1.165) is 18.6 Å². The quantitative estimate of drug-likeness (QED) is 0.849. The van der Waals surface area contributed by atoms with Gasteiger partial charge < -0.3 is 5.73 Å². The Morgan fingerprint density at radius 2 is 2.04 bits per heavy atom. The van der Waals surface area contributed by atoms with Crippen molar-refractivity contribution in [3.8, 4) is 6.07 Å². The topological polar surface area (TPSA) is 87.2 Å². The van der Waals surface area contributed by atoms with Crippen molar-refractivity contribution < 1.29 is 21.6 Å². The van der Waals surface area contributed by atoms with Gasteiger partial charge >= 0.3 is 6.18 Å². The summed E-state index contributed by atoms with van der Waals surface area (Å²) in [5.41, 5.74) is 3.83. The summed E-state index contributed by atoms with van der Waals surface area (Å²) in [6, 6.07) is 3.33. The Morgan fingerprint density at radius 1 is 1.40 bits per heavy atom. The molecule has 0 saturated carbocycles. The van der Waals surface area contributed by atoms with Gasteiger partial charge in [-0.25, -0.2) is 8.42 Å². The molecule has 0 radical (unpaired) electrons. The highest BCUT2D eigenvalue weighted by Crippen LogP contribution is 2.34. The molecule has 1 heterocycles. The number of benzene rings is 1. The first-order chi connectivity index (χ1) is 11.1. The van der Waals surface area contributed by atoms with E-state index in [1.807, 2.05) is 6.92 Å². The number of alkyl halides is 3. The van der Waals surface area contributed by atoms with Crippen molar-refractivity contribution in [2.45, 2.75) is 36.9 Å². The summed E-state index contributed by atoms with van der Waals surface area (Å²) in [4.78, 5) is -0.320. The highest BCUT2D eigenvalue weighted by Gasteiger charge is 2.38. The fourth-order valence-corrected chi connectivity index (χ4v) is 4.82. The van der Waals surface area contributed by atoms with Crippen LogP contribution in [0.1, 0.15) is 30.9 Å². The lowest BCUT2D eigenvalue weighted by atomic mass is 9.93. The van der Waals surface area contributed by atoms with E-state index in [1.165, 1.54) is 10.4 Å². The van der Waals surface area contributed by atoms with Crippen LogP contribution in [0.5, 0.6) is 0 Å². The van der Waals surface area contributed by atoms with Gasteiger partial charge in [-0.1, -0.05) is 6.92 Å². The number of rotatable bonds is 3. The van der Waals surface area contributed by atoms with Crippen LogP contribution >= 0.6 is 12.4 Å². The number of nitrogens with two attached hydrogens (primary N) is 1. The summed E-state index contributed by atoms with van der Waals surface area (Å²) in [7, 11) is -4.02. The third kappa shape index (κ3) is 4.26. The van der Waals surface area contributed by atoms with Crippen molar-refractivity contribution in [3.05, 3.63) is 29.3 Å². The molecule has 1 fully saturated rings. The smallest absolute Gasteiger partial charge is 0.329 e. The van der Waals surface area contributed by atoms with E-state index in [4.69, 9.17) is 11.0 Å². The maximum atomic E-state index is 12.9. The third-order valence-electron chi connectivity index (χ3n) is 4.33. The average Bonchev–Trinajstić information content (AvgIpc) is 2.53. The summed E-state index contributed by atoms with van der Waals surface area (Å²) in [6.45, 7) is 2.29. The molecule has 0 bridgehead atoms. The van der Waals surface area contributed by atoms with E-state index in [1.54, 1.807) is 0 Å². The summed E-state index contributed by atoms with van der Waals surface area (Å²) in [6.07, 6.45) is -3.22. The second kappa shape index (κ2) is 7.91. The fourth-order valence-electron chi connectivity index (χ4n) is 3.02. The minimum Gasteiger partial charge on any atom is -0.329 e. The van der Waals surface area contributed by atoms with Crippen LogP contribution in [0.25, 0.3) is 0 Å². The monoisotopic (exact) mass is 397 g/mol. The molecule has 0 aromatic heterocycles. The second-order valence-corrected chi connectivity index (χ2v) is 7.75. The van der Waals surface area contributed by atoms with Gasteiger partial charge in [0.1, 0.15) is 0 Å². The molecule has 5 nitrogen and oxygen atoms in total. The SMILES string of the molecule is CC1CCCN(S(=O)(=O)c2ccc(C(F)(F)F)c(C#N)c2)C1CN.Cl. The minimum absolute atomic E-state index is 0. The van der Waals surface area contributed by atoms with Gasteiger partial charge in [0, 0.05) is 19.1 Å². The first-order valence-corrected chi connectivity index (χ1v) is 8.90. The van der Waals surface area contributed by atoms with Crippen LogP contribution in [0.15, 0.2) is 23.1 Å². The third-order valence-corrected chi connectivity index (χ3v) is 6.25. The van der Waals surface area contributed by atoms with Gasteiger partial charge in [0.25, 0.3) is 0 Å². The number of halogens is 4. The molecule has 0 aliphatic carbocycles. The predicted molar refractivity (Wildman–Crippen MR) is 88.5 cm³/mol. The molecule has 25 heavy (non-hydrogen) atoms. The first kappa shape index (κ1) is 21.7. The molecule has 0 spiro atoms. The van der Waals surface area contributed by atoms with Crippen LogP contribution in [0.3, 0.4) is 0 Å². The largest absolute Gasteiger partial charge is 0.417 e. The van der Waals surface area contributed by atoms with Crippen LogP contribution in [0.2, 0.25) is 0 Å². The molecular weight excluding hydrogens is 379 g/mol. The van der Waals surface area contributed by atoms with Crippen molar-refractivity contribution in [1.29, 1.82) is 5.26 Å². The van der Waals surface area contributed by atoms with E-state index in [0.29, 0.717) is 12.5 Å². The van der Waals surface area contributed by atoms with E-state index < -0.39 is 33.4 Å². The zero-order valence-corrected chi connectivity index (χ0v) is 15.1. The van der Waals surface area contributed by atoms with Gasteiger partial charge in [-0.05, 0) is 37.0 Å². The molecule has 1 aliphatic rings. The molecular formula is C15H19ClF3N3O2S. The van der Waals surface area contributed by atoms with Crippen LogP contribution in [0.4, 0.5) is 13.2 Å². The Labute approximate surface area is 151 Å². The van der Waals surface area contributed by atoms with Gasteiger partial charge in [-0.15, -0.1) is 12.4 Å². The lowest BCUT2D eigenvalue weighted by molar-refractivity contribution is -0.137. The Bertz CT molecular complexity index is 762. The van der Waals surface area contributed by atoms with Gasteiger partial charge in [0.15, 0.2) is 0 Å². The van der Waals surface area contributed by atoms with Gasteiger partial charge in [0.2, 0.25) is 10.0 Å². The molecule has 1 aliphatic heterocycles. The number of hydrogen-bond donors (Lipinski definition) is 1. The maximum absolute atomic E-state index is 12.9. The fraction of sp³-hybridized carbons (Fsp3) is 0.533. The lowest BCUT2D eigenvalue weighted by Gasteiger charge is -2.38. The summed E-state index contributed by atoms with van der Waals surface area (Å²) in [5.74, 6) is 0.0587. The Hall–Kier alpha value is -1.34. The van der Waals surface area contributed by atoms with Crippen molar-refractivity contribution >= 4 is 22.4 Å². The maximum Gasteiger partial charge on any atom is 0.417 e. The molecule has 1 saturated heterocycles. The Balaban J connectivity index is 0.00000312. The molecule has 2 rings (SSSR count). The van der Waals surface area contributed by atoms with Crippen molar-refractivity contribution in [3.63, 3.8) is 0 Å². The predicted octanol–water partition coefficient (Wildman–Crippen LogP) is 2.75. The zero-order chi connectivity index (χ0) is 18.1. The van der Waals surface area contributed by atoms with Crippen molar-refractivity contribution in [2.75, 3.05) is 13.1 Å². The van der Waals surface area contributed by atoms with Crippen LogP contribution in [0, 0.1) is 17.2 Å². The summed E-state index contributed by atoms with van der Waals surface area (Å²) >= 11 is 0. The highest BCUT2D eigenvalue weighted by atomic mass is 35.5. The molecule has 0 amide bonds. The highest BCUT2D eigenvalue weighted by molar-refractivity contribution is 7.89. The van der Waals surface area contributed by atoms with E-state index >= 15 is 0 Å². The molecule has 10 heteroatoms. The molecule has 1 aromatic carbocycles. The lowest BCUT2D eigenvalue weighted by Crippen LogP contribution is -2.51. The Kier molecular flexibility index (Phi) is 6.87. The van der Waals surface area contributed by atoms with Crippen LogP contribution in [-0.4, -0.2) is 31.9 Å². The molecule has 2 unspecified atom stereocenters. The van der Waals surface area contributed by atoms with Crippen LogP contribution in [-0.2, 0) is 16.2 Å². The van der Waals surface area contributed by atoms with Gasteiger partial charge in [-0.2, -0.15) is 22.7 Å². The van der Waals surface area contributed by atoms with Gasteiger partial charge in [-0.3, -0.25) is 0 Å². The summed E-state index contributed by atoms with van der Waals surface area (Å²) < 4.78 is 65.4. The second-order valence-electron chi connectivity index (χ2n) is 5.86. The minimum atomic E-state index is -4.72. The Morgan fingerprint density at radius 3 is 2.56 bits per heavy atom. The number of sulfonamides is 1. The number of nitrogens with zero attached hydrogens (tertiary/aromatic N) is 2. The average molecular weight is 398 g/mol. The molecule has 2 N–H and O–H groups in total. The van der Waals surface area contributed by atoms with E-state index in [2.05, 4.69) is 0 Å². The number of piperidine rings is 1. The normalized spacial score (nSPS) is 22.1.